The number of benzene rings is 2. The number of hydrogen-bond acceptors (Lipinski definition) is 2. The fourth-order valence-electron chi connectivity index (χ4n) is 2.29. The number of aromatic nitrogens is 1. The molecule has 0 aliphatic heterocycles. The number of rotatable bonds is 3. The first-order valence-corrected chi connectivity index (χ1v) is 6.52. The van der Waals surface area contributed by atoms with Gasteiger partial charge < -0.3 is 4.74 Å². The summed E-state index contributed by atoms with van der Waals surface area (Å²) in [6, 6.07) is 20.6. The third-order valence-corrected chi connectivity index (χ3v) is 3.32. The second-order valence-electron chi connectivity index (χ2n) is 4.51. The molecule has 0 fully saturated rings. The second kappa shape index (κ2) is 5.57. The van der Waals surface area contributed by atoms with Crippen LogP contribution in [0.1, 0.15) is 0 Å². The fraction of sp³-hybridized carbons (Fsp3) is 0.0556. The molecular weight excluding hydrogens is 246 g/mol. The first-order chi connectivity index (χ1) is 9.88. The van der Waals surface area contributed by atoms with Gasteiger partial charge in [0.05, 0.1) is 7.11 Å². The Morgan fingerprint density at radius 1 is 0.700 bits per heavy atom. The van der Waals surface area contributed by atoms with Crippen molar-refractivity contribution in [1.82, 2.24) is 4.98 Å². The molecule has 0 saturated heterocycles. The molecule has 0 amide bonds. The van der Waals surface area contributed by atoms with Gasteiger partial charge in [-0.15, -0.1) is 0 Å². The van der Waals surface area contributed by atoms with E-state index in [1.165, 1.54) is 22.3 Å². The molecule has 0 spiro atoms. The minimum absolute atomic E-state index is 0.871. The van der Waals surface area contributed by atoms with Crippen LogP contribution in [0.15, 0.2) is 73.1 Å². The van der Waals surface area contributed by atoms with Crippen LogP contribution in [0.2, 0.25) is 0 Å². The van der Waals surface area contributed by atoms with Crippen LogP contribution in [0, 0.1) is 0 Å². The van der Waals surface area contributed by atoms with Crippen molar-refractivity contribution < 1.29 is 4.74 Å². The van der Waals surface area contributed by atoms with Crippen molar-refractivity contribution in [3.05, 3.63) is 73.1 Å². The highest BCUT2D eigenvalue weighted by atomic mass is 16.5. The molecule has 0 bridgehead atoms. The van der Waals surface area contributed by atoms with E-state index in [0.717, 1.165) is 5.75 Å². The van der Waals surface area contributed by atoms with Crippen molar-refractivity contribution in [2.75, 3.05) is 7.11 Å². The lowest BCUT2D eigenvalue weighted by atomic mass is 9.95. The van der Waals surface area contributed by atoms with E-state index in [-0.39, 0.29) is 0 Å². The number of hydrogen-bond donors (Lipinski definition) is 0. The maximum Gasteiger partial charge on any atom is 0.118 e. The third kappa shape index (κ3) is 2.41. The summed E-state index contributed by atoms with van der Waals surface area (Å²) >= 11 is 0. The Morgan fingerprint density at radius 2 is 1.25 bits per heavy atom. The molecule has 0 atom stereocenters. The van der Waals surface area contributed by atoms with Gasteiger partial charge in [-0.1, -0.05) is 36.4 Å². The maximum atomic E-state index is 5.21. The van der Waals surface area contributed by atoms with Crippen LogP contribution in [0.4, 0.5) is 0 Å². The van der Waals surface area contributed by atoms with Gasteiger partial charge in [0, 0.05) is 12.4 Å². The Morgan fingerprint density at radius 3 is 1.80 bits per heavy atom. The number of pyridine rings is 1. The van der Waals surface area contributed by atoms with Crippen LogP contribution in [-0.4, -0.2) is 12.1 Å². The molecule has 0 N–H and O–H groups in total. The summed E-state index contributed by atoms with van der Waals surface area (Å²) in [6.07, 6.45) is 3.64. The smallest absolute Gasteiger partial charge is 0.118 e. The second-order valence-corrected chi connectivity index (χ2v) is 4.51. The van der Waals surface area contributed by atoms with E-state index < -0.39 is 0 Å². The highest BCUT2D eigenvalue weighted by Gasteiger charge is 2.06. The van der Waals surface area contributed by atoms with E-state index in [2.05, 4.69) is 41.4 Å². The van der Waals surface area contributed by atoms with Gasteiger partial charge in [0.1, 0.15) is 5.75 Å². The minimum atomic E-state index is 0.871. The molecular formula is C18H15NO. The normalized spacial score (nSPS) is 10.2. The Kier molecular flexibility index (Phi) is 3.46. The van der Waals surface area contributed by atoms with Crippen molar-refractivity contribution in [3.63, 3.8) is 0 Å². The Labute approximate surface area is 118 Å². The summed E-state index contributed by atoms with van der Waals surface area (Å²) in [4.78, 5) is 4.08. The van der Waals surface area contributed by atoms with Crippen LogP contribution in [-0.2, 0) is 0 Å². The van der Waals surface area contributed by atoms with E-state index in [4.69, 9.17) is 4.74 Å². The van der Waals surface area contributed by atoms with Gasteiger partial charge in [-0.2, -0.15) is 0 Å². The summed E-state index contributed by atoms with van der Waals surface area (Å²) in [7, 11) is 1.68. The Hall–Kier alpha value is -2.61. The fourth-order valence-corrected chi connectivity index (χ4v) is 2.29. The molecule has 0 unspecified atom stereocenters. The van der Waals surface area contributed by atoms with Gasteiger partial charge in [-0.3, -0.25) is 4.98 Å². The van der Waals surface area contributed by atoms with E-state index in [1.807, 2.05) is 36.7 Å². The third-order valence-electron chi connectivity index (χ3n) is 3.32. The topological polar surface area (TPSA) is 22.1 Å². The quantitative estimate of drug-likeness (QED) is 0.696. The highest BCUT2D eigenvalue weighted by molar-refractivity contribution is 5.83. The average molecular weight is 261 g/mol. The maximum absolute atomic E-state index is 5.21. The zero-order valence-corrected chi connectivity index (χ0v) is 11.3. The summed E-state index contributed by atoms with van der Waals surface area (Å²) in [5.74, 6) is 0.871. The van der Waals surface area contributed by atoms with Crippen LogP contribution in [0.3, 0.4) is 0 Å². The lowest BCUT2D eigenvalue weighted by molar-refractivity contribution is 0.415. The Balaban J connectivity index is 2.10. The lowest BCUT2D eigenvalue weighted by Crippen LogP contribution is -1.86. The van der Waals surface area contributed by atoms with Gasteiger partial charge in [-0.05, 0) is 46.5 Å². The van der Waals surface area contributed by atoms with Gasteiger partial charge >= 0.3 is 0 Å². The van der Waals surface area contributed by atoms with Crippen LogP contribution in [0.5, 0.6) is 5.75 Å². The van der Waals surface area contributed by atoms with Gasteiger partial charge in [0.15, 0.2) is 0 Å². The summed E-state index contributed by atoms with van der Waals surface area (Å²) < 4.78 is 5.21. The predicted molar refractivity (Wildman–Crippen MR) is 81.7 cm³/mol. The zero-order chi connectivity index (χ0) is 13.8. The van der Waals surface area contributed by atoms with Crippen molar-refractivity contribution in [3.8, 4) is 28.0 Å². The molecule has 1 aromatic heterocycles. The van der Waals surface area contributed by atoms with Crippen LogP contribution >= 0.6 is 0 Å². The molecule has 2 nitrogen and oxygen atoms in total. The molecule has 98 valence electrons. The molecule has 0 saturated carbocycles. The number of nitrogens with zero attached hydrogens (tertiary/aromatic N) is 1. The summed E-state index contributed by atoms with van der Waals surface area (Å²) in [5, 5.41) is 0. The highest BCUT2D eigenvalue weighted by Crippen LogP contribution is 2.32. The largest absolute Gasteiger partial charge is 0.497 e. The molecule has 1 heterocycles. The minimum Gasteiger partial charge on any atom is -0.497 e. The van der Waals surface area contributed by atoms with E-state index in [1.54, 1.807) is 7.11 Å². The van der Waals surface area contributed by atoms with Gasteiger partial charge in [-0.25, -0.2) is 0 Å². The van der Waals surface area contributed by atoms with Gasteiger partial charge in [0.2, 0.25) is 0 Å². The number of ether oxygens (including phenoxy) is 1. The van der Waals surface area contributed by atoms with Gasteiger partial charge in [0.25, 0.3) is 0 Å². The van der Waals surface area contributed by atoms with Crippen molar-refractivity contribution in [2.45, 2.75) is 0 Å². The van der Waals surface area contributed by atoms with E-state index in [0.29, 0.717) is 0 Å². The zero-order valence-electron chi connectivity index (χ0n) is 11.3. The van der Waals surface area contributed by atoms with Crippen LogP contribution < -0.4 is 4.74 Å². The first-order valence-electron chi connectivity index (χ1n) is 6.52. The monoisotopic (exact) mass is 261 g/mol. The molecule has 0 aliphatic rings. The lowest BCUT2D eigenvalue weighted by Gasteiger charge is -2.10. The standard InChI is InChI=1S/C18H15NO/c1-20-16-8-6-14(7-9-16)17-4-2-3-5-18(17)15-10-12-19-13-11-15/h2-13H,1H3. The summed E-state index contributed by atoms with van der Waals surface area (Å²) in [6.45, 7) is 0. The molecule has 2 aromatic carbocycles. The molecule has 0 radical (unpaired) electrons. The van der Waals surface area contributed by atoms with Crippen LogP contribution in [0.25, 0.3) is 22.3 Å². The first kappa shape index (κ1) is 12.4. The summed E-state index contributed by atoms with van der Waals surface area (Å²) in [5.41, 5.74) is 4.77. The molecule has 3 aromatic rings. The van der Waals surface area contributed by atoms with Crippen molar-refractivity contribution >= 4 is 0 Å². The number of methoxy groups -OCH3 is 1. The molecule has 3 rings (SSSR count). The van der Waals surface area contributed by atoms with Crippen molar-refractivity contribution in [2.24, 2.45) is 0 Å². The molecule has 2 heteroatoms. The average Bonchev–Trinajstić information content (AvgIpc) is 2.56. The van der Waals surface area contributed by atoms with E-state index >= 15 is 0 Å². The van der Waals surface area contributed by atoms with Crippen molar-refractivity contribution in [1.29, 1.82) is 0 Å². The predicted octanol–water partition coefficient (Wildman–Crippen LogP) is 4.42. The molecule has 0 aliphatic carbocycles. The molecule has 20 heavy (non-hydrogen) atoms. The Bertz CT molecular complexity index is 690. The van der Waals surface area contributed by atoms with E-state index in [9.17, 15) is 0 Å². The SMILES string of the molecule is COc1ccc(-c2ccccc2-c2ccncc2)cc1.